The highest BCUT2D eigenvalue weighted by Crippen LogP contribution is 2.34. The minimum absolute atomic E-state index is 0.00418. The first kappa shape index (κ1) is 16.3. The van der Waals surface area contributed by atoms with Gasteiger partial charge in [-0.2, -0.15) is 0 Å². The zero-order chi connectivity index (χ0) is 17.1. The summed E-state index contributed by atoms with van der Waals surface area (Å²) in [5, 5.41) is 6.81. The summed E-state index contributed by atoms with van der Waals surface area (Å²) in [5.74, 6) is 1.52. The fraction of sp³-hybridized carbons (Fsp3) is 0.222. The van der Waals surface area contributed by atoms with E-state index in [0.717, 1.165) is 22.7 Å². The molecule has 0 saturated heterocycles. The molecule has 124 valence electrons. The molecule has 0 saturated carbocycles. The molecule has 24 heavy (non-hydrogen) atoms. The first-order valence-electron chi connectivity index (χ1n) is 7.61. The van der Waals surface area contributed by atoms with Gasteiger partial charge >= 0.3 is 0 Å². The van der Waals surface area contributed by atoms with Crippen molar-refractivity contribution >= 4 is 28.8 Å². The van der Waals surface area contributed by atoms with Gasteiger partial charge < -0.3 is 20.1 Å². The minimum Gasteiger partial charge on any atom is -0.454 e. The van der Waals surface area contributed by atoms with E-state index in [1.54, 1.807) is 12.1 Å². The lowest BCUT2D eigenvalue weighted by Crippen LogP contribution is -2.30. The van der Waals surface area contributed by atoms with Crippen LogP contribution in [0, 0.1) is 0 Å². The van der Waals surface area contributed by atoms with E-state index in [9.17, 15) is 4.79 Å². The van der Waals surface area contributed by atoms with E-state index < -0.39 is 0 Å². The van der Waals surface area contributed by atoms with Crippen LogP contribution in [0.1, 0.15) is 35.8 Å². The van der Waals surface area contributed by atoms with E-state index in [4.69, 9.17) is 21.7 Å². The molecule has 6 heteroatoms. The van der Waals surface area contributed by atoms with Crippen molar-refractivity contribution in [2.24, 2.45) is 0 Å². The molecule has 0 bridgehead atoms. The van der Waals surface area contributed by atoms with E-state index in [1.165, 1.54) is 6.92 Å². The standard InChI is InChI=1S/C18H18N2O3S/c1-11(13-6-7-16-17(9-13)23-10-22-16)19-18(24)20-15-5-3-4-14(8-15)12(2)21/h3-9,11H,10H2,1-2H3,(H2,19,20,24)/t11-/m0/s1. The summed E-state index contributed by atoms with van der Waals surface area (Å²) in [6, 6.07) is 13.1. The molecule has 5 nitrogen and oxygen atoms in total. The first-order chi connectivity index (χ1) is 11.5. The molecule has 0 spiro atoms. The largest absolute Gasteiger partial charge is 0.454 e. The Labute approximate surface area is 146 Å². The summed E-state index contributed by atoms with van der Waals surface area (Å²) in [5.41, 5.74) is 2.46. The van der Waals surface area contributed by atoms with Crippen molar-refractivity contribution in [1.82, 2.24) is 5.32 Å². The number of ketones is 1. The van der Waals surface area contributed by atoms with Crippen LogP contribution in [-0.2, 0) is 0 Å². The van der Waals surface area contributed by atoms with Gasteiger partial charge in [0.2, 0.25) is 6.79 Å². The van der Waals surface area contributed by atoms with Gasteiger partial charge in [0.25, 0.3) is 0 Å². The Bertz CT molecular complexity index is 792. The number of hydrogen-bond acceptors (Lipinski definition) is 4. The fourth-order valence-electron chi connectivity index (χ4n) is 2.45. The lowest BCUT2D eigenvalue weighted by molar-refractivity contribution is 0.101. The molecular formula is C18H18N2O3S. The number of thiocarbonyl (C=S) groups is 1. The molecule has 2 aromatic carbocycles. The number of carbonyl (C=O) groups is 1. The zero-order valence-electron chi connectivity index (χ0n) is 13.5. The van der Waals surface area contributed by atoms with Crippen LogP contribution in [0.4, 0.5) is 5.69 Å². The third kappa shape index (κ3) is 3.65. The second-order valence-corrected chi connectivity index (χ2v) is 5.98. The van der Waals surface area contributed by atoms with E-state index >= 15 is 0 Å². The zero-order valence-corrected chi connectivity index (χ0v) is 14.3. The number of ether oxygens (including phenoxy) is 2. The lowest BCUT2D eigenvalue weighted by atomic mass is 10.1. The summed E-state index contributed by atoms with van der Waals surface area (Å²) in [6.07, 6.45) is 0. The molecule has 1 aliphatic rings. The van der Waals surface area contributed by atoms with Gasteiger partial charge in [0.1, 0.15) is 0 Å². The van der Waals surface area contributed by atoms with Crippen molar-refractivity contribution in [2.45, 2.75) is 19.9 Å². The molecular weight excluding hydrogens is 324 g/mol. The predicted octanol–water partition coefficient (Wildman–Crippen LogP) is 3.67. The lowest BCUT2D eigenvalue weighted by Gasteiger charge is -2.18. The maximum absolute atomic E-state index is 11.4. The molecule has 0 aliphatic carbocycles. The third-order valence-electron chi connectivity index (χ3n) is 3.77. The second kappa shape index (κ2) is 6.88. The summed E-state index contributed by atoms with van der Waals surface area (Å²) < 4.78 is 10.7. The quantitative estimate of drug-likeness (QED) is 0.653. The molecule has 2 N–H and O–H groups in total. The maximum Gasteiger partial charge on any atom is 0.231 e. The van der Waals surface area contributed by atoms with Crippen molar-refractivity contribution in [1.29, 1.82) is 0 Å². The van der Waals surface area contributed by atoms with Gasteiger partial charge in [-0.15, -0.1) is 0 Å². The topological polar surface area (TPSA) is 59.6 Å². The van der Waals surface area contributed by atoms with Gasteiger partial charge in [-0.25, -0.2) is 0 Å². The number of rotatable bonds is 4. The Balaban J connectivity index is 1.64. The third-order valence-corrected chi connectivity index (χ3v) is 3.99. The first-order valence-corrected chi connectivity index (χ1v) is 8.02. The fourth-order valence-corrected chi connectivity index (χ4v) is 2.74. The monoisotopic (exact) mass is 342 g/mol. The Kier molecular flexibility index (Phi) is 4.66. The average molecular weight is 342 g/mol. The Hall–Kier alpha value is -2.60. The number of Topliss-reactive ketones (excluding diaryl/α,β-unsaturated/α-hetero) is 1. The van der Waals surface area contributed by atoms with Crippen molar-refractivity contribution < 1.29 is 14.3 Å². The summed E-state index contributed by atoms with van der Waals surface area (Å²) >= 11 is 5.36. The number of nitrogens with one attached hydrogen (secondary N) is 2. The average Bonchev–Trinajstić information content (AvgIpc) is 3.02. The smallest absolute Gasteiger partial charge is 0.231 e. The predicted molar refractivity (Wildman–Crippen MR) is 96.8 cm³/mol. The minimum atomic E-state index is -0.00418. The van der Waals surface area contributed by atoms with Crippen molar-refractivity contribution in [2.75, 3.05) is 12.1 Å². The molecule has 1 aliphatic heterocycles. The number of benzene rings is 2. The molecule has 0 aromatic heterocycles. The molecule has 1 atom stereocenters. The molecule has 0 amide bonds. The van der Waals surface area contributed by atoms with Gasteiger partial charge in [0.15, 0.2) is 22.4 Å². The maximum atomic E-state index is 11.4. The van der Waals surface area contributed by atoms with Crippen molar-refractivity contribution in [3.8, 4) is 11.5 Å². The Morgan fingerprint density at radius 1 is 1.17 bits per heavy atom. The van der Waals surface area contributed by atoms with Gasteiger partial charge in [-0.05, 0) is 55.9 Å². The van der Waals surface area contributed by atoms with E-state index in [1.807, 2.05) is 37.3 Å². The number of hydrogen-bond donors (Lipinski definition) is 2. The number of carbonyl (C=O) groups excluding carboxylic acids is 1. The normalized spacial score (nSPS) is 13.2. The highest BCUT2D eigenvalue weighted by atomic mass is 32.1. The van der Waals surface area contributed by atoms with Crippen molar-refractivity contribution in [3.63, 3.8) is 0 Å². The van der Waals surface area contributed by atoms with E-state index in [2.05, 4.69) is 10.6 Å². The summed E-state index contributed by atoms with van der Waals surface area (Å²) in [7, 11) is 0. The molecule has 0 radical (unpaired) electrons. The highest BCUT2D eigenvalue weighted by Gasteiger charge is 2.16. The van der Waals surface area contributed by atoms with Crippen LogP contribution < -0.4 is 20.1 Å². The van der Waals surface area contributed by atoms with Crippen LogP contribution in [0.25, 0.3) is 0 Å². The molecule has 3 rings (SSSR count). The van der Waals surface area contributed by atoms with Crippen molar-refractivity contribution in [3.05, 3.63) is 53.6 Å². The number of anilines is 1. The Morgan fingerprint density at radius 2 is 1.96 bits per heavy atom. The molecule has 1 heterocycles. The van der Waals surface area contributed by atoms with E-state index in [0.29, 0.717) is 10.7 Å². The van der Waals surface area contributed by atoms with Crippen LogP contribution >= 0.6 is 12.2 Å². The van der Waals surface area contributed by atoms with E-state index in [-0.39, 0.29) is 18.6 Å². The van der Waals surface area contributed by atoms with Crippen LogP contribution in [0.2, 0.25) is 0 Å². The van der Waals surface area contributed by atoms with Crippen LogP contribution in [0.5, 0.6) is 11.5 Å². The SMILES string of the molecule is CC(=O)c1cccc(NC(=S)N[C@@H](C)c2ccc3c(c2)OCO3)c1. The van der Waals surface area contributed by atoms with Gasteiger partial charge in [-0.1, -0.05) is 18.2 Å². The van der Waals surface area contributed by atoms with Gasteiger partial charge in [-0.3, -0.25) is 4.79 Å². The number of fused-ring (bicyclic) bond motifs is 1. The summed E-state index contributed by atoms with van der Waals surface area (Å²) in [4.78, 5) is 11.4. The Morgan fingerprint density at radius 3 is 2.75 bits per heavy atom. The second-order valence-electron chi connectivity index (χ2n) is 5.57. The van der Waals surface area contributed by atoms with Crippen LogP contribution in [0.15, 0.2) is 42.5 Å². The van der Waals surface area contributed by atoms with Crippen LogP contribution in [-0.4, -0.2) is 17.7 Å². The molecule has 2 aromatic rings. The molecule has 0 fully saturated rings. The van der Waals surface area contributed by atoms with Gasteiger partial charge in [0, 0.05) is 11.3 Å². The van der Waals surface area contributed by atoms with Crippen LogP contribution in [0.3, 0.4) is 0 Å². The summed E-state index contributed by atoms with van der Waals surface area (Å²) in [6.45, 7) is 3.81. The van der Waals surface area contributed by atoms with Gasteiger partial charge in [0.05, 0.1) is 6.04 Å². The highest BCUT2D eigenvalue weighted by molar-refractivity contribution is 7.80. The molecule has 0 unspecified atom stereocenters.